The van der Waals surface area contributed by atoms with E-state index in [2.05, 4.69) is 5.32 Å². The molecular formula is C39H33NO4S. The molecule has 45 heavy (non-hydrogen) atoms. The summed E-state index contributed by atoms with van der Waals surface area (Å²) in [5, 5.41) is 12.7. The average Bonchev–Trinajstić information content (AvgIpc) is 3.09. The molecule has 5 rings (SSSR count). The van der Waals surface area contributed by atoms with Crippen molar-refractivity contribution in [1.29, 1.82) is 0 Å². The van der Waals surface area contributed by atoms with Crippen molar-refractivity contribution in [3.63, 3.8) is 0 Å². The lowest BCUT2D eigenvalue weighted by molar-refractivity contribution is -0.142. The summed E-state index contributed by atoms with van der Waals surface area (Å²) in [6.07, 6.45) is 1.38. The number of carboxylic acids is 1. The Hall–Kier alpha value is -5.20. The van der Waals surface area contributed by atoms with Crippen molar-refractivity contribution in [3.05, 3.63) is 162 Å². The van der Waals surface area contributed by atoms with Gasteiger partial charge in [-0.15, -0.1) is 0 Å². The molecule has 0 aliphatic heterocycles. The fourth-order valence-corrected chi connectivity index (χ4v) is 5.93. The molecule has 6 heteroatoms. The Kier molecular flexibility index (Phi) is 10.8. The molecule has 0 heterocycles. The second kappa shape index (κ2) is 15.5. The van der Waals surface area contributed by atoms with Gasteiger partial charge in [0.15, 0.2) is 5.78 Å². The average molecular weight is 612 g/mol. The Labute approximate surface area is 267 Å². The van der Waals surface area contributed by atoms with Gasteiger partial charge in [0.05, 0.1) is 11.6 Å². The highest BCUT2D eigenvalue weighted by Crippen LogP contribution is 2.23. The van der Waals surface area contributed by atoms with Crippen molar-refractivity contribution in [3.8, 4) is 22.3 Å². The number of rotatable bonds is 13. The Bertz CT molecular complexity index is 1750. The van der Waals surface area contributed by atoms with Crippen molar-refractivity contribution in [2.24, 2.45) is 5.92 Å². The van der Waals surface area contributed by atoms with Crippen LogP contribution >= 0.6 is 11.8 Å². The minimum atomic E-state index is -1.04. The van der Waals surface area contributed by atoms with Crippen molar-refractivity contribution in [1.82, 2.24) is 5.32 Å². The summed E-state index contributed by atoms with van der Waals surface area (Å²) in [6, 6.07) is 44.4. The number of Topliss-reactive ketones (excluding diaryl/α,β-unsaturated/α-hetero) is 1. The van der Waals surface area contributed by atoms with Crippen LogP contribution in [0.5, 0.6) is 0 Å². The van der Waals surface area contributed by atoms with Gasteiger partial charge in [-0.1, -0.05) is 127 Å². The second-order valence-corrected chi connectivity index (χ2v) is 11.6. The largest absolute Gasteiger partial charge is 0.481 e. The van der Waals surface area contributed by atoms with Gasteiger partial charge in [-0.05, 0) is 51.6 Å². The first-order valence-electron chi connectivity index (χ1n) is 14.7. The first kappa shape index (κ1) is 31.2. The monoisotopic (exact) mass is 611 g/mol. The SMILES string of the molecule is O=C(C[C@@H](CSCc1ccccc1)C(=O)O)/C(=C\c1ccc(-c2ccccc2)cc1)NC(=O)c1ccc(-c2ccccc2)cc1. The van der Waals surface area contributed by atoms with E-state index in [1.54, 1.807) is 18.2 Å². The third-order valence-corrected chi connectivity index (χ3v) is 8.52. The number of carboxylic acid groups (broad SMARTS) is 1. The smallest absolute Gasteiger partial charge is 0.307 e. The zero-order valence-corrected chi connectivity index (χ0v) is 25.5. The normalized spacial score (nSPS) is 11.9. The standard InChI is InChI=1S/C39H33NO4S/c41-37(25-35(39(43)44)27-45-26-29-10-4-1-5-11-29)36(24-28-16-18-32(19-17-28)30-12-6-2-7-13-30)40-38(42)34-22-20-33(21-23-34)31-14-8-3-9-15-31/h1-24,35H,25-27H2,(H,40,42)(H,43,44)/b36-24+/t35-/m0/s1. The number of amides is 1. The predicted octanol–water partition coefficient (Wildman–Crippen LogP) is 8.38. The van der Waals surface area contributed by atoms with Crippen LogP contribution in [0, 0.1) is 5.92 Å². The maximum atomic E-state index is 13.6. The van der Waals surface area contributed by atoms with E-state index in [9.17, 15) is 19.5 Å². The molecule has 5 aromatic carbocycles. The Morgan fingerprint density at radius 1 is 0.644 bits per heavy atom. The summed E-state index contributed by atoms with van der Waals surface area (Å²) in [6.45, 7) is 0. The fraction of sp³-hybridized carbons (Fsp3) is 0.103. The van der Waals surface area contributed by atoms with Gasteiger partial charge in [-0.25, -0.2) is 0 Å². The van der Waals surface area contributed by atoms with E-state index in [1.165, 1.54) is 11.8 Å². The molecule has 0 aliphatic carbocycles. The minimum Gasteiger partial charge on any atom is -0.481 e. The number of benzene rings is 5. The van der Waals surface area contributed by atoms with Crippen molar-refractivity contribution >= 4 is 35.5 Å². The van der Waals surface area contributed by atoms with E-state index < -0.39 is 23.6 Å². The third kappa shape index (κ3) is 8.91. The zero-order chi connectivity index (χ0) is 31.4. The number of carbonyl (C=O) groups is 3. The van der Waals surface area contributed by atoms with Crippen LogP contribution < -0.4 is 5.32 Å². The molecular weight excluding hydrogens is 578 g/mol. The van der Waals surface area contributed by atoms with Crippen LogP contribution in [0.25, 0.3) is 28.3 Å². The molecule has 0 saturated heterocycles. The van der Waals surface area contributed by atoms with E-state index in [-0.39, 0.29) is 17.9 Å². The lowest BCUT2D eigenvalue weighted by Gasteiger charge is -2.15. The molecule has 0 saturated carbocycles. The van der Waals surface area contributed by atoms with Crippen LogP contribution in [-0.4, -0.2) is 28.5 Å². The molecule has 0 bridgehead atoms. The summed E-state index contributed by atoms with van der Waals surface area (Å²) in [7, 11) is 0. The van der Waals surface area contributed by atoms with Gasteiger partial charge in [0.1, 0.15) is 0 Å². The van der Waals surface area contributed by atoms with Crippen molar-refractivity contribution in [2.45, 2.75) is 12.2 Å². The first-order chi connectivity index (χ1) is 22.0. The lowest BCUT2D eigenvalue weighted by Crippen LogP contribution is -2.30. The van der Waals surface area contributed by atoms with Gasteiger partial charge in [0.25, 0.3) is 5.91 Å². The molecule has 224 valence electrons. The Morgan fingerprint density at radius 3 is 1.67 bits per heavy atom. The second-order valence-electron chi connectivity index (χ2n) is 10.6. The number of carbonyl (C=O) groups excluding carboxylic acids is 2. The van der Waals surface area contributed by atoms with Crippen LogP contribution in [0.15, 0.2) is 145 Å². The molecule has 1 atom stereocenters. The lowest BCUT2D eigenvalue weighted by atomic mass is 10.00. The molecule has 5 nitrogen and oxygen atoms in total. The van der Waals surface area contributed by atoms with Gasteiger partial charge in [-0.3, -0.25) is 14.4 Å². The van der Waals surface area contributed by atoms with Gasteiger partial charge >= 0.3 is 5.97 Å². The number of ketones is 1. The van der Waals surface area contributed by atoms with Gasteiger partial charge < -0.3 is 10.4 Å². The molecule has 5 aromatic rings. The molecule has 1 amide bonds. The summed E-state index contributed by atoms with van der Waals surface area (Å²) < 4.78 is 0. The van der Waals surface area contributed by atoms with Crippen LogP contribution in [0.3, 0.4) is 0 Å². The van der Waals surface area contributed by atoms with Crippen LogP contribution in [0.2, 0.25) is 0 Å². The summed E-state index contributed by atoms with van der Waals surface area (Å²) in [4.78, 5) is 39.1. The van der Waals surface area contributed by atoms with Crippen molar-refractivity contribution in [2.75, 3.05) is 5.75 Å². The Morgan fingerprint density at radius 2 is 1.13 bits per heavy atom. The topological polar surface area (TPSA) is 83.5 Å². The van der Waals surface area contributed by atoms with Gasteiger partial charge in [0.2, 0.25) is 0 Å². The van der Waals surface area contributed by atoms with Crippen LogP contribution in [0.1, 0.15) is 27.9 Å². The van der Waals surface area contributed by atoms with E-state index in [1.807, 2.05) is 127 Å². The molecule has 0 spiro atoms. The number of nitrogens with one attached hydrogen (secondary N) is 1. The molecule has 0 radical (unpaired) electrons. The summed E-state index contributed by atoms with van der Waals surface area (Å²) >= 11 is 1.47. The molecule has 0 fully saturated rings. The summed E-state index contributed by atoms with van der Waals surface area (Å²) in [5.74, 6) is -1.92. The van der Waals surface area contributed by atoms with E-state index in [4.69, 9.17) is 0 Å². The van der Waals surface area contributed by atoms with Gasteiger partial charge in [0, 0.05) is 23.5 Å². The highest BCUT2D eigenvalue weighted by molar-refractivity contribution is 7.98. The highest BCUT2D eigenvalue weighted by atomic mass is 32.2. The maximum Gasteiger partial charge on any atom is 0.307 e. The number of thioether (sulfide) groups is 1. The van der Waals surface area contributed by atoms with Crippen LogP contribution in [-0.2, 0) is 15.3 Å². The molecule has 2 N–H and O–H groups in total. The minimum absolute atomic E-state index is 0.0545. The Balaban J connectivity index is 1.35. The van der Waals surface area contributed by atoms with Crippen LogP contribution in [0.4, 0.5) is 0 Å². The van der Waals surface area contributed by atoms with E-state index >= 15 is 0 Å². The predicted molar refractivity (Wildman–Crippen MR) is 183 cm³/mol. The maximum absolute atomic E-state index is 13.6. The van der Waals surface area contributed by atoms with E-state index in [0.717, 1.165) is 27.8 Å². The number of allylic oxidation sites excluding steroid dienone is 1. The quantitative estimate of drug-likeness (QED) is 0.131. The third-order valence-electron chi connectivity index (χ3n) is 7.34. The highest BCUT2D eigenvalue weighted by Gasteiger charge is 2.24. The van der Waals surface area contributed by atoms with E-state index in [0.29, 0.717) is 16.9 Å². The zero-order valence-electron chi connectivity index (χ0n) is 24.6. The van der Waals surface area contributed by atoms with Gasteiger partial charge in [-0.2, -0.15) is 11.8 Å². The molecule has 0 aliphatic rings. The molecule has 0 unspecified atom stereocenters. The first-order valence-corrected chi connectivity index (χ1v) is 15.8. The number of hydrogen-bond acceptors (Lipinski definition) is 4. The number of hydrogen-bond donors (Lipinski definition) is 2. The van der Waals surface area contributed by atoms with Crippen molar-refractivity contribution < 1.29 is 19.5 Å². The number of aliphatic carboxylic acids is 1. The fourth-order valence-electron chi connectivity index (χ4n) is 4.84. The molecule has 0 aromatic heterocycles. The summed E-state index contributed by atoms with van der Waals surface area (Å²) in [5.41, 5.74) is 6.32.